The highest BCUT2D eigenvalue weighted by Gasteiger charge is 2.20. The number of alkyl halides is 2. The van der Waals surface area contributed by atoms with E-state index < -0.39 is 24.5 Å². The predicted octanol–water partition coefficient (Wildman–Crippen LogP) is 2.78. The molecule has 0 heterocycles. The van der Waals surface area contributed by atoms with E-state index in [1.54, 1.807) is 13.0 Å². The van der Waals surface area contributed by atoms with Gasteiger partial charge in [0.15, 0.2) is 0 Å². The van der Waals surface area contributed by atoms with Gasteiger partial charge >= 0.3 is 18.6 Å². The summed E-state index contributed by atoms with van der Waals surface area (Å²) in [6, 6.07) is 3.86. The van der Waals surface area contributed by atoms with Crippen LogP contribution in [0.1, 0.15) is 12.5 Å². The fourth-order valence-electron chi connectivity index (χ4n) is 1.77. The molecule has 2 amide bonds. The lowest BCUT2D eigenvalue weighted by molar-refractivity contribution is -0.141. The second-order valence-corrected chi connectivity index (χ2v) is 4.88. The van der Waals surface area contributed by atoms with Gasteiger partial charge in [0.2, 0.25) is 0 Å². The number of hydrogen-bond donors (Lipinski definition) is 2. The van der Waals surface area contributed by atoms with Crippen molar-refractivity contribution < 1.29 is 28.2 Å². The highest BCUT2D eigenvalue weighted by atomic mass is 19.3. The molecule has 0 spiro atoms. The van der Waals surface area contributed by atoms with Crippen LogP contribution in [0.2, 0.25) is 0 Å². The molecule has 1 aromatic carbocycles. The number of urea groups is 1. The largest absolute Gasteiger partial charge is 0.481 e. The topological polar surface area (TPSA) is 78.9 Å². The minimum Gasteiger partial charge on any atom is -0.481 e. The molecule has 22 heavy (non-hydrogen) atoms. The molecule has 0 aromatic heterocycles. The van der Waals surface area contributed by atoms with Crippen LogP contribution in [0.25, 0.3) is 0 Å². The quantitative estimate of drug-likeness (QED) is 0.846. The smallest absolute Gasteiger partial charge is 0.387 e. The molecular weight excluding hydrogens is 298 g/mol. The zero-order valence-corrected chi connectivity index (χ0v) is 12.5. The number of carboxylic acid groups (broad SMARTS) is 1. The van der Waals surface area contributed by atoms with E-state index in [4.69, 9.17) is 5.11 Å². The third-order valence-corrected chi connectivity index (χ3v) is 3.00. The molecule has 0 saturated carbocycles. The van der Waals surface area contributed by atoms with Gasteiger partial charge in [-0.2, -0.15) is 8.78 Å². The van der Waals surface area contributed by atoms with Crippen LogP contribution >= 0.6 is 0 Å². The first kappa shape index (κ1) is 17.7. The van der Waals surface area contributed by atoms with Crippen LogP contribution in [0.4, 0.5) is 19.3 Å². The summed E-state index contributed by atoms with van der Waals surface area (Å²) in [5.74, 6) is -1.93. The summed E-state index contributed by atoms with van der Waals surface area (Å²) in [5.41, 5.74) is 0.675. The number of ether oxygens (including phenoxy) is 1. The maximum atomic E-state index is 12.4. The number of nitrogens with one attached hydrogen (secondary N) is 1. The van der Waals surface area contributed by atoms with E-state index >= 15 is 0 Å². The third kappa shape index (κ3) is 4.87. The second-order valence-electron chi connectivity index (χ2n) is 4.88. The maximum Gasteiger partial charge on any atom is 0.387 e. The van der Waals surface area contributed by atoms with Crippen molar-refractivity contribution in [3.8, 4) is 5.75 Å². The molecule has 0 bridgehead atoms. The number of aryl methyl sites for hydroxylation is 1. The first-order chi connectivity index (χ1) is 10.2. The van der Waals surface area contributed by atoms with Crippen LogP contribution < -0.4 is 10.1 Å². The Hall–Kier alpha value is -2.38. The van der Waals surface area contributed by atoms with Crippen LogP contribution in [-0.4, -0.2) is 42.2 Å². The van der Waals surface area contributed by atoms with Gasteiger partial charge in [-0.25, -0.2) is 4.79 Å². The van der Waals surface area contributed by atoms with Gasteiger partial charge in [-0.15, -0.1) is 0 Å². The molecule has 1 rings (SSSR count). The molecule has 2 N–H and O–H groups in total. The number of carbonyl (C=O) groups is 2. The second kappa shape index (κ2) is 7.58. The number of hydrogen-bond acceptors (Lipinski definition) is 3. The van der Waals surface area contributed by atoms with Crippen molar-refractivity contribution in [1.29, 1.82) is 0 Å². The van der Waals surface area contributed by atoms with Crippen molar-refractivity contribution in [3.05, 3.63) is 23.8 Å². The number of carbonyl (C=O) groups excluding carboxylic acids is 1. The van der Waals surface area contributed by atoms with E-state index in [-0.39, 0.29) is 18.0 Å². The first-order valence-electron chi connectivity index (χ1n) is 6.51. The number of halogens is 2. The number of rotatable bonds is 6. The van der Waals surface area contributed by atoms with Gasteiger partial charge < -0.3 is 20.1 Å². The number of carboxylic acids is 1. The summed E-state index contributed by atoms with van der Waals surface area (Å²) in [6.45, 7) is 0.0686. The Bertz CT molecular complexity index is 552. The Kier molecular flexibility index (Phi) is 6.09. The molecule has 122 valence electrons. The average molecular weight is 316 g/mol. The number of nitrogens with zero attached hydrogens (tertiary/aromatic N) is 1. The summed E-state index contributed by atoms with van der Waals surface area (Å²) < 4.78 is 29.1. The maximum absolute atomic E-state index is 12.4. The lowest BCUT2D eigenvalue weighted by Gasteiger charge is -2.21. The van der Waals surface area contributed by atoms with Crippen LogP contribution in [-0.2, 0) is 4.79 Å². The Morgan fingerprint density at radius 1 is 1.41 bits per heavy atom. The van der Waals surface area contributed by atoms with Gasteiger partial charge in [0.1, 0.15) is 5.75 Å². The number of benzene rings is 1. The summed E-state index contributed by atoms with van der Waals surface area (Å²) >= 11 is 0. The lowest BCUT2D eigenvalue weighted by Crippen LogP contribution is -2.36. The number of aliphatic carboxylic acids is 1. The summed E-state index contributed by atoms with van der Waals surface area (Å²) in [5, 5.41) is 11.3. The highest BCUT2D eigenvalue weighted by molar-refractivity contribution is 5.92. The van der Waals surface area contributed by atoms with E-state index in [0.29, 0.717) is 5.56 Å². The van der Waals surface area contributed by atoms with Gasteiger partial charge in [-0.3, -0.25) is 4.79 Å². The SMILES string of the molecule is Cc1cccc(OC(F)F)c1NC(=O)N(C)CC(C)C(=O)O. The fourth-order valence-corrected chi connectivity index (χ4v) is 1.77. The van der Waals surface area contributed by atoms with Crippen LogP contribution in [0.5, 0.6) is 5.75 Å². The van der Waals surface area contributed by atoms with Gasteiger partial charge in [-0.05, 0) is 18.6 Å². The van der Waals surface area contributed by atoms with Crippen LogP contribution in [0, 0.1) is 12.8 Å². The number of anilines is 1. The van der Waals surface area contributed by atoms with E-state index in [2.05, 4.69) is 10.1 Å². The minimum atomic E-state index is -3.01. The predicted molar refractivity (Wildman–Crippen MR) is 76.3 cm³/mol. The molecule has 0 saturated heterocycles. The lowest BCUT2D eigenvalue weighted by atomic mass is 10.1. The van der Waals surface area contributed by atoms with Crippen molar-refractivity contribution in [3.63, 3.8) is 0 Å². The molecule has 0 radical (unpaired) electrons. The molecule has 0 fully saturated rings. The van der Waals surface area contributed by atoms with Gasteiger partial charge in [0.05, 0.1) is 11.6 Å². The molecule has 0 aliphatic rings. The van der Waals surface area contributed by atoms with Crippen LogP contribution in [0.15, 0.2) is 18.2 Å². The Morgan fingerprint density at radius 2 is 2.05 bits per heavy atom. The number of amides is 2. The minimum absolute atomic E-state index is 0.0158. The molecular formula is C14H18F2N2O4. The van der Waals surface area contributed by atoms with E-state index in [0.717, 1.165) is 4.90 Å². The van der Waals surface area contributed by atoms with E-state index in [1.165, 1.54) is 26.1 Å². The van der Waals surface area contributed by atoms with E-state index in [1.807, 2.05) is 0 Å². The third-order valence-electron chi connectivity index (χ3n) is 3.00. The zero-order valence-electron chi connectivity index (χ0n) is 12.5. The zero-order chi connectivity index (χ0) is 16.9. The summed E-state index contributed by atoms with van der Waals surface area (Å²) in [6.07, 6.45) is 0. The van der Waals surface area contributed by atoms with E-state index in [9.17, 15) is 18.4 Å². The van der Waals surface area contributed by atoms with Crippen molar-refractivity contribution in [2.45, 2.75) is 20.5 Å². The molecule has 0 aliphatic carbocycles. The molecule has 0 aliphatic heterocycles. The molecule has 8 heteroatoms. The van der Waals surface area contributed by atoms with Crippen molar-refractivity contribution >= 4 is 17.7 Å². The molecule has 1 unspecified atom stereocenters. The standard InChI is InChI=1S/C14H18F2N2O4/c1-8-5-4-6-10(22-13(15)16)11(8)17-14(21)18(3)7-9(2)12(19)20/h4-6,9,13H,7H2,1-3H3,(H,17,21)(H,19,20). The van der Waals surface area contributed by atoms with Gasteiger partial charge in [0.25, 0.3) is 0 Å². The van der Waals surface area contributed by atoms with Crippen LogP contribution in [0.3, 0.4) is 0 Å². The summed E-state index contributed by atoms with van der Waals surface area (Å²) in [7, 11) is 1.42. The Morgan fingerprint density at radius 3 is 2.59 bits per heavy atom. The van der Waals surface area contributed by atoms with Gasteiger partial charge in [-0.1, -0.05) is 19.1 Å². The van der Waals surface area contributed by atoms with Gasteiger partial charge in [0, 0.05) is 13.6 Å². The fraction of sp³-hybridized carbons (Fsp3) is 0.429. The Labute approximate surface area is 126 Å². The monoisotopic (exact) mass is 316 g/mol. The number of para-hydroxylation sites is 1. The van der Waals surface area contributed by atoms with Crippen molar-refractivity contribution in [1.82, 2.24) is 4.90 Å². The highest BCUT2D eigenvalue weighted by Crippen LogP contribution is 2.29. The first-order valence-corrected chi connectivity index (χ1v) is 6.51. The normalized spacial score (nSPS) is 11.9. The van der Waals surface area contributed by atoms with Crippen molar-refractivity contribution in [2.75, 3.05) is 18.9 Å². The average Bonchev–Trinajstić information content (AvgIpc) is 2.41. The molecule has 6 nitrogen and oxygen atoms in total. The van der Waals surface area contributed by atoms with Crippen molar-refractivity contribution in [2.24, 2.45) is 5.92 Å². The molecule has 1 atom stereocenters. The summed E-state index contributed by atoms with van der Waals surface area (Å²) in [4.78, 5) is 24.0. The Balaban J connectivity index is 2.85. The molecule has 1 aromatic rings.